The molecule has 0 bridgehead atoms. The van der Waals surface area contributed by atoms with Crippen molar-refractivity contribution in [2.45, 2.75) is 6.42 Å². The van der Waals surface area contributed by atoms with Crippen LogP contribution in [0.2, 0.25) is 5.02 Å². The van der Waals surface area contributed by atoms with Crippen molar-refractivity contribution >= 4 is 34.8 Å². The van der Waals surface area contributed by atoms with Gasteiger partial charge in [0, 0.05) is 13.0 Å². The Morgan fingerprint density at radius 1 is 1.55 bits per heavy atom. The maximum absolute atomic E-state index is 13.2. The Hall–Kier alpha value is -2.22. The normalized spacial score (nSPS) is 18.4. The van der Waals surface area contributed by atoms with Crippen LogP contribution in [0, 0.1) is 21.8 Å². The zero-order valence-electron chi connectivity index (χ0n) is 10.0. The summed E-state index contributed by atoms with van der Waals surface area (Å²) < 4.78 is 13.2. The van der Waals surface area contributed by atoms with Crippen molar-refractivity contribution in [3.05, 3.63) is 33.1 Å². The molecule has 0 spiro atoms. The minimum absolute atomic E-state index is 0.111. The van der Waals surface area contributed by atoms with Gasteiger partial charge in [-0.3, -0.25) is 19.7 Å². The first-order valence-electron chi connectivity index (χ1n) is 5.54. The Kier molecular flexibility index (Phi) is 3.58. The van der Waals surface area contributed by atoms with E-state index in [0.29, 0.717) is 6.07 Å². The first-order valence-corrected chi connectivity index (χ1v) is 5.92. The molecule has 1 saturated heterocycles. The van der Waals surface area contributed by atoms with Crippen LogP contribution in [-0.2, 0) is 9.59 Å². The monoisotopic (exact) mass is 301 g/mol. The molecule has 9 heteroatoms. The number of primary amides is 1. The zero-order valence-corrected chi connectivity index (χ0v) is 10.8. The topological polar surface area (TPSA) is 107 Å². The SMILES string of the molecule is NC(=O)C1CC(=O)N(c2c(Cl)cc(F)cc2[N+](=O)[O-])C1. The van der Waals surface area contributed by atoms with E-state index in [0.717, 1.165) is 11.0 Å². The minimum Gasteiger partial charge on any atom is -0.369 e. The third-order valence-electron chi connectivity index (χ3n) is 3.00. The molecular formula is C11H9ClFN3O4. The highest BCUT2D eigenvalue weighted by atomic mass is 35.5. The van der Waals surface area contributed by atoms with E-state index in [1.807, 2.05) is 0 Å². The molecule has 0 radical (unpaired) electrons. The smallest absolute Gasteiger partial charge is 0.297 e. The highest BCUT2D eigenvalue weighted by molar-refractivity contribution is 6.34. The largest absolute Gasteiger partial charge is 0.369 e. The van der Waals surface area contributed by atoms with Crippen molar-refractivity contribution in [3.8, 4) is 0 Å². The van der Waals surface area contributed by atoms with E-state index in [1.165, 1.54) is 0 Å². The number of nitro benzene ring substituents is 1. The van der Waals surface area contributed by atoms with Gasteiger partial charge in [0.2, 0.25) is 11.8 Å². The molecule has 7 nitrogen and oxygen atoms in total. The summed E-state index contributed by atoms with van der Waals surface area (Å²) in [6.07, 6.45) is -0.153. The lowest BCUT2D eigenvalue weighted by Crippen LogP contribution is -2.29. The van der Waals surface area contributed by atoms with Crippen LogP contribution >= 0.6 is 11.6 Å². The second-order valence-electron chi connectivity index (χ2n) is 4.32. The average molecular weight is 302 g/mol. The van der Waals surface area contributed by atoms with E-state index in [4.69, 9.17) is 17.3 Å². The quantitative estimate of drug-likeness (QED) is 0.669. The Labute approximate surface area is 117 Å². The second-order valence-corrected chi connectivity index (χ2v) is 4.73. The molecule has 1 heterocycles. The standard InChI is InChI=1S/C11H9ClFN3O4/c12-7-2-6(13)3-8(16(19)20)10(7)15-4-5(11(14)18)1-9(15)17/h2-3,5H,1,4H2,(H2,14,18). The van der Waals surface area contributed by atoms with Crippen molar-refractivity contribution in [3.63, 3.8) is 0 Å². The number of nitrogens with two attached hydrogens (primary N) is 1. The van der Waals surface area contributed by atoms with Gasteiger partial charge in [-0.25, -0.2) is 4.39 Å². The number of nitrogens with zero attached hydrogens (tertiary/aromatic N) is 2. The summed E-state index contributed by atoms with van der Waals surface area (Å²) in [5, 5.41) is 10.7. The maximum Gasteiger partial charge on any atom is 0.297 e. The van der Waals surface area contributed by atoms with Gasteiger partial charge in [0.05, 0.1) is 21.9 Å². The van der Waals surface area contributed by atoms with Crippen LogP contribution in [0.3, 0.4) is 0 Å². The maximum atomic E-state index is 13.2. The molecule has 1 fully saturated rings. The Morgan fingerprint density at radius 3 is 2.70 bits per heavy atom. The van der Waals surface area contributed by atoms with Crippen LogP contribution in [0.25, 0.3) is 0 Å². The van der Waals surface area contributed by atoms with Crippen molar-refractivity contribution in [2.24, 2.45) is 11.7 Å². The highest BCUT2D eigenvalue weighted by Gasteiger charge is 2.38. The van der Waals surface area contributed by atoms with E-state index in [2.05, 4.69) is 0 Å². The highest BCUT2D eigenvalue weighted by Crippen LogP contribution is 2.39. The van der Waals surface area contributed by atoms with Crippen LogP contribution in [-0.4, -0.2) is 23.3 Å². The fraction of sp³-hybridized carbons (Fsp3) is 0.273. The summed E-state index contributed by atoms with van der Waals surface area (Å²) in [4.78, 5) is 34.1. The minimum atomic E-state index is -0.886. The van der Waals surface area contributed by atoms with E-state index in [-0.39, 0.29) is 23.7 Å². The summed E-state index contributed by atoms with van der Waals surface area (Å²) in [5.74, 6) is -2.83. The zero-order chi connectivity index (χ0) is 15.0. The molecule has 20 heavy (non-hydrogen) atoms. The Morgan fingerprint density at radius 2 is 2.20 bits per heavy atom. The summed E-state index contributed by atoms with van der Waals surface area (Å²) in [6, 6.07) is 1.54. The molecule has 1 aliphatic heterocycles. The van der Waals surface area contributed by atoms with E-state index < -0.39 is 34.2 Å². The van der Waals surface area contributed by atoms with E-state index >= 15 is 0 Å². The number of hydrogen-bond donors (Lipinski definition) is 1. The first kappa shape index (κ1) is 14.2. The molecular weight excluding hydrogens is 293 g/mol. The first-order chi connectivity index (χ1) is 9.31. The average Bonchev–Trinajstić information content (AvgIpc) is 2.70. The molecule has 1 atom stereocenters. The van der Waals surface area contributed by atoms with Crippen LogP contribution in [0.1, 0.15) is 6.42 Å². The predicted octanol–water partition coefficient (Wildman–Crippen LogP) is 1.23. The van der Waals surface area contributed by atoms with Gasteiger partial charge >= 0.3 is 0 Å². The van der Waals surface area contributed by atoms with Crippen molar-refractivity contribution in [1.29, 1.82) is 0 Å². The molecule has 1 aliphatic rings. The summed E-state index contributed by atoms with van der Waals surface area (Å²) >= 11 is 5.80. The van der Waals surface area contributed by atoms with Gasteiger partial charge in [-0.05, 0) is 6.07 Å². The summed E-state index contributed by atoms with van der Waals surface area (Å²) in [5.41, 5.74) is 4.27. The number of hydrogen-bond acceptors (Lipinski definition) is 4. The van der Waals surface area contributed by atoms with E-state index in [9.17, 15) is 24.1 Å². The summed E-state index contributed by atoms with van der Waals surface area (Å²) in [6.45, 7) is -0.111. The third-order valence-corrected chi connectivity index (χ3v) is 3.29. The molecule has 0 aromatic heterocycles. The van der Waals surface area contributed by atoms with Crippen LogP contribution in [0.4, 0.5) is 15.8 Å². The number of rotatable bonds is 3. The molecule has 2 N–H and O–H groups in total. The second kappa shape index (κ2) is 5.04. The molecule has 0 aliphatic carbocycles. The van der Waals surface area contributed by atoms with Gasteiger partial charge in [-0.15, -0.1) is 0 Å². The van der Waals surface area contributed by atoms with Gasteiger partial charge in [-0.1, -0.05) is 11.6 Å². The molecule has 1 aromatic carbocycles. The number of carbonyl (C=O) groups is 2. The summed E-state index contributed by atoms with van der Waals surface area (Å²) in [7, 11) is 0. The van der Waals surface area contributed by atoms with Crippen molar-refractivity contribution < 1.29 is 18.9 Å². The molecule has 2 rings (SSSR count). The van der Waals surface area contributed by atoms with Gasteiger partial charge in [-0.2, -0.15) is 0 Å². The molecule has 1 unspecified atom stereocenters. The van der Waals surface area contributed by atoms with Crippen LogP contribution in [0.5, 0.6) is 0 Å². The lowest BCUT2D eigenvalue weighted by Gasteiger charge is -2.17. The molecule has 2 amide bonds. The van der Waals surface area contributed by atoms with Gasteiger partial charge in [0.1, 0.15) is 11.5 Å². The number of carbonyl (C=O) groups excluding carboxylic acids is 2. The van der Waals surface area contributed by atoms with Crippen molar-refractivity contribution in [2.75, 3.05) is 11.4 Å². The molecule has 1 aromatic rings. The number of amides is 2. The fourth-order valence-corrected chi connectivity index (χ4v) is 2.38. The van der Waals surface area contributed by atoms with E-state index in [1.54, 1.807) is 0 Å². The lowest BCUT2D eigenvalue weighted by molar-refractivity contribution is -0.384. The van der Waals surface area contributed by atoms with Gasteiger partial charge < -0.3 is 10.6 Å². The lowest BCUT2D eigenvalue weighted by atomic mass is 10.1. The Balaban J connectivity index is 2.50. The Bertz CT molecular complexity index is 622. The van der Waals surface area contributed by atoms with Crippen molar-refractivity contribution in [1.82, 2.24) is 0 Å². The number of benzene rings is 1. The van der Waals surface area contributed by atoms with Gasteiger partial charge in [0.25, 0.3) is 5.69 Å². The third kappa shape index (κ3) is 2.42. The fourth-order valence-electron chi connectivity index (χ4n) is 2.07. The number of anilines is 1. The van der Waals surface area contributed by atoms with Gasteiger partial charge in [0.15, 0.2) is 0 Å². The number of nitro groups is 1. The molecule has 106 valence electrons. The van der Waals surface area contributed by atoms with Crippen LogP contribution < -0.4 is 10.6 Å². The number of halogens is 2. The molecule has 0 saturated carbocycles. The predicted molar refractivity (Wildman–Crippen MR) is 67.7 cm³/mol. The van der Waals surface area contributed by atoms with Crippen LogP contribution in [0.15, 0.2) is 12.1 Å².